The Hall–Kier alpha value is -3.49. The van der Waals surface area contributed by atoms with Gasteiger partial charge in [0.1, 0.15) is 6.61 Å². The minimum Gasteiger partial charge on any atom is -0.477 e. The van der Waals surface area contributed by atoms with Gasteiger partial charge in [0.2, 0.25) is 0 Å². The summed E-state index contributed by atoms with van der Waals surface area (Å²) >= 11 is 0. The molecule has 0 saturated heterocycles. The fraction of sp³-hybridized carbons (Fsp3) is 0.622. The van der Waals surface area contributed by atoms with Gasteiger partial charge in [-0.2, -0.15) is 0 Å². The number of carboxylic acid groups (broad SMARTS) is 1. The lowest BCUT2D eigenvalue weighted by Crippen LogP contribution is -2.50. The van der Waals surface area contributed by atoms with E-state index in [4.69, 9.17) is 14.2 Å². The standard InChI is InChI=1S/C45H73NO7/c1-6-8-10-12-14-16-18-19-20-21-22-23-24-26-27-29-31-33-35-43(47)52-40-41(39-51-38-37-42(45(49)50)46(3,4)5)53-44(48)36-34-32-30-28-25-17-15-13-11-9-7-2/h10,12-23,25,41-42H,6-9,11,24,26-40H2,1-5H3/p+1/b12-10+,15-13+,16-14+,19-18+,21-20+,23-22+,25-17+. The number of carbonyl (C=O) groups is 3. The Balaban J connectivity index is 4.48. The molecule has 0 bridgehead atoms. The third-order valence-corrected chi connectivity index (χ3v) is 8.40. The first-order chi connectivity index (χ1) is 25.6. The average Bonchev–Trinajstić information content (AvgIpc) is 3.11. The Kier molecular flexibility index (Phi) is 33.2. The zero-order valence-electron chi connectivity index (χ0n) is 33.9. The second-order valence-corrected chi connectivity index (χ2v) is 14.3. The Morgan fingerprint density at radius 1 is 0.566 bits per heavy atom. The predicted molar refractivity (Wildman–Crippen MR) is 220 cm³/mol. The molecule has 0 aromatic heterocycles. The predicted octanol–water partition coefficient (Wildman–Crippen LogP) is 10.6. The molecule has 0 rings (SSSR count). The quantitative estimate of drug-likeness (QED) is 0.0303. The second kappa shape index (κ2) is 35.5. The largest absolute Gasteiger partial charge is 0.477 e. The van der Waals surface area contributed by atoms with Gasteiger partial charge in [0.05, 0.1) is 34.4 Å². The summed E-state index contributed by atoms with van der Waals surface area (Å²) in [6.07, 6.45) is 44.8. The summed E-state index contributed by atoms with van der Waals surface area (Å²) < 4.78 is 17.2. The van der Waals surface area contributed by atoms with Gasteiger partial charge in [0.15, 0.2) is 12.1 Å². The molecular formula is C45H74NO7+. The number of carboxylic acids is 1. The number of hydrogen-bond donors (Lipinski definition) is 1. The molecule has 0 aromatic carbocycles. The Morgan fingerprint density at radius 2 is 1.04 bits per heavy atom. The lowest BCUT2D eigenvalue weighted by molar-refractivity contribution is -0.887. The fourth-order valence-electron chi connectivity index (χ4n) is 5.21. The molecule has 0 aliphatic carbocycles. The molecule has 0 aliphatic heterocycles. The van der Waals surface area contributed by atoms with Gasteiger partial charge < -0.3 is 23.8 Å². The molecule has 0 fully saturated rings. The molecule has 0 aliphatic rings. The number of nitrogens with zero attached hydrogens (tertiary/aromatic N) is 1. The van der Waals surface area contributed by atoms with Crippen LogP contribution in [0.1, 0.15) is 129 Å². The molecule has 0 radical (unpaired) electrons. The highest BCUT2D eigenvalue weighted by Gasteiger charge is 2.31. The van der Waals surface area contributed by atoms with Gasteiger partial charge in [-0.1, -0.05) is 144 Å². The third-order valence-electron chi connectivity index (χ3n) is 8.40. The smallest absolute Gasteiger partial charge is 0.362 e. The molecule has 1 N–H and O–H groups in total. The molecule has 0 saturated carbocycles. The average molecular weight is 741 g/mol. The molecule has 8 nitrogen and oxygen atoms in total. The first-order valence-corrected chi connectivity index (χ1v) is 20.2. The van der Waals surface area contributed by atoms with E-state index in [9.17, 15) is 19.5 Å². The monoisotopic (exact) mass is 741 g/mol. The Bertz CT molecular complexity index is 1140. The van der Waals surface area contributed by atoms with Crippen LogP contribution in [-0.2, 0) is 28.6 Å². The summed E-state index contributed by atoms with van der Waals surface area (Å²) in [5.74, 6) is -1.55. The number of aliphatic carboxylic acids is 1. The maximum Gasteiger partial charge on any atom is 0.362 e. The first kappa shape index (κ1) is 49.5. The highest BCUT2D eigenvalue weighted by molar-refractivity contribution is 5.72. The van der Waals surface area contributed by atoms with E-state index in [0.717, 1.165) is 77.0 Å². The summed E-state index contributed by atoms with van der Waals surface area (Å²) in [5, 5.41) is 9.59. The number of esters is 2. The van der Waals surface area contributed by atoms with E-state index in [1.807, 2.05) is 57.6 Å². The van der Waals surface area contributed by atoms with Crippen LogP contribution in [0.5, 0.6) is 0 Å². The van der Waals surface area contributed by atoms with Crippen molar-refractivity contribution in [3.8, 4) is 0 Å². The summed E-state index contributed by atoms with van der Waals surface area (Å²) in [7, 11) is 5.49. The highest BCUT2D eigenvalue weighted by Crippen LogP contribution is 2.12. The lowest BCUT2D eigenvalue weighted by atomic mass is 10.1. The van der Waals surface area contributed by atoms with Crippen LogP contribution in [0.15, 0.2) is 85.1 Å². The van der Waals surface area contributed by atoms with Gasteiger partial charge in [-0.05, 0) is 51.4 Å². The number of rotatable bonds is 34. The Labute approximate surface area is 323 Å². The van der Waals surface area contributed by atoms with Crippen LogP contribution in [0.2, 0.25) is 0 Å². The first-order valence-electron chi connectivity index (χ1n) is 20.2. The molecule has 8 heteroatoms. The van der Waals surface area contributed by atoms with Crippen molar-refractivity contribution in [3.63, 3.8) is 0 Å². The number of likely N-dealkylation sites (N-methyl/N-ethyl adjacent to an activating group) is 1. The van der Waals surface area contributed by atoms with E-state index in [1.165, 1.54) is 19.3 Å². The van der Waals surface area contributed by atoms with Crippen molar-refractivity contribution in [2.45, 2.75) is 142 Å². The fourth-order valence-corrected chi connectivity index (χ4v) is 5.21. The van der Waals surface area contributed by atoms with E-state index in [0.29, 0.717) is 12.8 Å². The third kappa shape index (κ3) is 34.1. The number of ether oxygens (including phenoxy) is 3. The second-order valence-electron chi connectivity index (χ2n) is 14.3. The molecule has 0 amide bonds. The van der Waals surface area contributed by atoms with E-state index in [1.54, 1.807) is 0 Å². The van der Waals surface area contributed by atoms with Gasteiger partial charge in [-0.3, -0.25) is 9.59 Å². The zero-order chi connectivity index (χ0) is 39.3. The van der Waals surface area contributed by atoms with E-state index >= 15 is 0 Å². The van der Waals surface area contributed by atoms with Crippen molar-refractivity contribution in [3.05, 3.63) is 85.1 Å². The van der Waals surface area contributed by atoms with Crippen molar-refractivity contribution >= 4 is 17.9 Å². The molecule has 300 valence electrons. The number of quaternary nitrogens is 1. The lowest BCUT2D eigenvalue weighted by Gasteiger charge is -2.31. The van der Waals surface area contributed by atoms with Crippen molar-refractivity contribution in [1.29, 1.82) is 0 Å². The van der Waals surface area contributed by atoms with E-state index < -0.39 is 18.1 Å². The SMILES string of the molecule is CCC/C=C/C=C/C=C/C=C/C=C/CCCCCCCC(=O)OCC(COCCC(C(=O)O)[N+](C)(C)C)OC(=O)CCCCC/C=C/C=C/CCCC. The van der Waals surface area contributed by atoms with Crippen LogP contribution in [0, 0.1) is 0 Å². The molecule has 0 spiro atoms. The molecule has 2 atom stereocenters. The maximum absolute atomic E-state index is 12.6. The summed E-state index contributed by atoms with van der Waals surface area (Å²) in [6.45, 7) is 4.50. The van der Waals surface area contributed by atoms with Crippen LogP contribution in [0.3, 0.4) is 0 Å². The minimum absolute atomic E-state index is 0.0361. The molecule has 0 aromatic rings. The van der Waals surface area contributed by atoms with Gasteiger partial charge in [-0.25, -0.2) is 4.79 Å². The number of hydrogen-bond acceptors (Lipinski definition) is 6. The maximum atomic E-state index is 12.6. The zero-order valence-corrected chi connectivity index (χ0v) is 33.9. The number of unbranched alkanes of at least 4 members (excludes halogenated alkanes) is 11. The minimum atomic E-state index is -0.889. The van der Waals surface area contributed by atoms with Crippen molar-refractivity contribution in [2.75, 3.05) is 41.0 Å². The summed E-state index contributed by atoms with van der Waals surface area (Å²) in [4.78, 5) is 36.8. The topological polar surface area (TPSA) is 99.1 Å². The van der Waals surface area contributed by atoms with E-state index in [-0.39, 0.29) is 42.7 Å². The molecule has 53 heavy (non-hydrogen) atoms. The van der Waals surface area contributed by atoms with Crippen molar-refractivity contribution in [1.82, 2.24) is 0 Å². The molecular weight excluding hydrogens is 666 g/mol. The van der Waals surface area contributed by atoms with Crippen molar-refractivity contribution in [2.24, 2.45) is 0 Å². The van der Waals surface area contributed by atoms with Crippen LogP contribution in [0.4, 0.5) is 0 Å². The number of allylic oxidation sites excluding steroid dienone is 14. The van der Waals surface area contributed by atoms with Crippen LogP contribution in [0.25, 0.3) is 0 Å². The van der Waals surface area contributed by atoms with Gasteiger partial charge >= 0.3 is 17.9 Å². The van der Waals surface area contributed by atoms with Crippen LogP contribution >= 0.6 is 0 Å². The van der Waals surface area contributed by atoms with Gasteiger partial charge in [0.25, 0.3) is 0 Å². The van der Waals surface area contributed by atoms with E-state index in [2.05, 4.69) is 62.5 Å². The molecule has 0 heterocycles. The van der Waals surface area contributed by atoms with Crippen LogP contribution < -0.4 is 0 Å². The number of carbonyl (C=O) groups excluding carboxylic acids is 2. The Morgan fingerprint density at radius 3 is 1.58 bits per heavy atom. The van der Waals surface area contributed by atoms with Crippen molar-refractivity contribution < 1.29 is 38.2 Å². The summed E-state index contributed by atoms with van der Waals surface area (Å²) in [5.41, 5.74) is 0. The van der Waals surface area contributed by atoms with Gasteiger partial charge in [-0.15, -0.1) is 0 Å². The molecule has 2 unspecified atom stereocenters. The highest BCUT2D eigenvalue weighted by atomic mass is 16.6. The summed E-state index contributed by atoms with van der Waals surface area (Å²) in [6, 6.07) is -0.627. The normalized spacial score (nSPS) is 13.9. The van der Waals surface area contributed by atoms with Crippen LogP contribution in [-0.4, -0.2) is 80.6 Å². The van der Waals surface area contributed by atoms with Gasteiger partial charge in [0, 0.05) is 19.3 Å².